The molecule has 0 unspecified atom stereocenters. The van der Waals surface area contributed by atoms with Crippen molar-refractivity contribution in [1.29, 1.82) is 0 Å². The van der Waals surface area contributed by atoms with Gasteiger partial charge in [0, 0.05) is 13.6 Å². The first kappa shape index (κ1) is 15.7. The lowest BCUT2D eigenvalue weighted by atomic mass is 10.2. The molecule has 0 atom stereocenters. The van der Waals surface area contributed by atoms with Crippen molar-refractivity contribution in [1.82, 2.24) is 10.3 Å². The van der Waals surface area contributed by atoms with Crippen molar-refractivity contribution >= 4 is 23.3 Å². The molecule has 1 aromatic rings. The van der Waals surface area contributed by atoms with Crippen LogP contribution in [0, 0.1) is 5.92 Å². The molecule has 2 amide bonds. The second kappa shape index (κ2) is 6.74. The van der Waals surface area contributed by atoms with Crippen molar-refractivity contribution in [2.75, 3.05) is 30.8 Å². The molecule has 7 heteroatoms. The van der Waals surface area contributed by atoms with E-state index in [9.17, 15) is 9.59 Å². The number of hydrogen-bond acceptors (Lipinski definition) is 5. The van der Waals surface area contributed by atoms with Crippen LogP contribution in [-0.4, -0.2) is 36.9 Å². The van der Waals surface area contributed by atoms with Gasteiger partial charge in [0.1, 0.15) is 5.69 Å². The molecule has 20 heavy (non-hydrogen) atoms. The highest BCUT2D eigenvalue weighted by atomic mass is 16.2. The summed E-state index contributed by atoms with van der Waals surface area (Å²) in [6.07, 6.45) is 0. The summed E-state index contributed by atoms with van der Waals surface area (Å²) in [5.74, 6) is -0.0255. The van der Waals surface area contributed by atoms with Crippen LogP contribution in [0.2, 0.25) is 0 Å². The number of amides is 2. The molecule has 0 fully saturated rings. The highest BCUT2D eigenvalue weighted by Gasteiger charge is 2.14. The van der Waals surface area contributed by atoms with Gasteiger partial charge in [-0.2, -0.15) is 0 Å². The molecule has 0 aliphatic rings. The highest BCUT2D eigenvalue weighted by molar-refractivity contribution is 5.92. The molecule has 0 spiro atoms. The number of nitrogens with one attached hydrogen (secondary N) is 1. The van der Waals surface area contributed by atoms with Gasteiger partial charge in [-0.25, -0.2) is 4.98 Å². The zero-order valence-corrected chi connectivity index (χ0v) is 12.0. The largest absolute Gasteiger partial charge is 0.396 e. The number of aromatic nitrogens is 1. The molecule has 0 saturated heterocycles. The SMILES string of the molecule is CC(C)CNC(=O)CN(C)c1nc(C(N)=O)ccc1N. The molecule has 7 nitrogen and oxygen atoms in total. The molecule has 0 bridgehead atoms. The lowest BCUT2D eigenvalue weighted by Gasteiger charge is -2.20. The number of pyridine rings is 1. The number of nitrogens with two attached hydrogens (primary N) is 2. The first-order valence-corrected chi connectivity index (χ1v) is 6.35. The smallest absolute Gasteiger partial charge is 0.267 e. The predicted octanol–water partition coefficient (Wildman–Crippen LogP) is -0.0289. The zero-order valence-electron chi connectivity index (χ0n) is 12.0. The predicted molar refractivity (Wildman–Crippen MR) is 78.3 cm³/mol. The summed E-state index contributed by atoms with van der Waals surface area (Å²) in [7, 11) is 1.68. The normalized spacial score (nSPS) is 10.4. The van der Waals surface area contributed by atoms with E-state index in [4.69, 9.17) is 11.5 Å². The molecule has 0 radical (unpaired) electrons. The van der Waals surface area contributed by atoms with E-state index in [0.717, 1.165) is 0 Å². The van der Waals surface area contributed by atoms with Crippen LogP contribution in [0.3, 0.4) is 0 Å². The molecule has 1 heterocycles. The fraction of sp³-hybridized carbons (Fsp3) is 0.462. The number of likely N-dealkylation sites (N-methyl/N-ethyl adjacent to an activating group) is 1. The summed E-state index contributed by atoms with van der Waals surface area (Å²) < 4.78 is 0. The third kappa shape index (κ3) is 4.42. The molecule has 0 aliphatic heterocycles. The maximum atomic E-state index is 11.7. The van der Waals surface area contributed by atoms with Crippen LogP contribution in [0.15, 0.2) is 12.1 Å². The molecular formula is C13H21N5O2. The Morgan fingerprint density at radius 1 is 1.40 bits per heavy atom. The van der Waals surface area contributed by atoms with Crippen LogP contribution in [0.1, 0.15) is 24.3 Å². The maximum absolute atomic E-state index is 11.7. The fourth-order valence-electron chi connectivity index (χ4n) is 1.57. The summed E-state index contributed by atoms with van der Waals surface area (Å²) in [5.41, 5.74) is 11.5. The number of carbonyl (C=O) groups excluding carboxylic acids is 2. The van der Waals surface area contributed by atoms with E-state index in [0.29, 0.717) is 24.0 Å². The molecule has 1 aromatic heterocycles. The van der Waals surface area contributed by atoms with E-state index >= 15 is 0 Å². The van der Waals surface area contributed by atoms with Gasteiger partial charge in [0.15, 0.2) is 5.82 Å². The van der Waals surface area contributed by atoms with Crippen LogP contribution in [0.4, 0.5) is 11.5 Å². The van der Waals surface area contributed by atoms with E-state index in [1.165, 1.54) is 6.07 Å². The number of carbonyl (C=O) groups is 2. The molecule has 5 N–H and O–H groups in total. The quantitative estimate of drug-likeness (QED) is 0.676. The van der Waals surface area contributed by atoms with E-state index < -0.39 is 5.91 Å². The van der Waals surface area contributed by atoms with Crippen molar-refractivity contribution in [3.63, 3.8) is 0 Å². The minimum Gasteiger partial charge on any atom is -0.396 e. The van der Waals surface area contributed by atoms with Gasteiger partial charge in [0.2, 0.25) is 5.91 Å². The van der Waals surface area contributed by atoms with Crippen molar-refractivity contribution in [3.05, 3.63) is 17.8 Å². The summed E-state index contributed by atoms with van der Waals surface area (Å²) in [5, 5.41) is 2.80. The molecule has 1 rings (SSSR count). The number of rotatable bonds is 6. The number of hydrogen-bond donors (Lipinski definition) is 3. The Bertz CT molecular complexity index is 502. The van der Waals surface area contributed by atoms with Crippen LogP contribution in [0.5, 0.6) is 0 Å². The van der Waals surface area contributed by atoms with E-state index in [-0.39, 0.29) is 18.1 Å². The van der Waals surface area contributed by atoms with Gasteiger partial charge in [-0.1, -0.05) is 13.8 Å². The third-order valence-electron chi connectivity index (χ3n) is 2.61. The Hall–Kier alpha value is -2.31. The minimum absolute atomic E-state index is 0.103. The second-order valence-electron chi connectivity index (χ2n) is 5.03. The van der Waals surface area contributed by atoms with Crippen molar-refractivity contribution in [3.8, 4) is 0 Å². The average molecular weight is 279 g/mol. The zero-order chi connectivity index (χ0) is 15.3. The van der Waals surface area contributed by atoms with Crippen LogP contribution in [0.25, 0.3) is 0 Å². The van der Waals surface area contributed by atoms with Gasteiger partial charge < -0.3 is 21.7 Å². The molecule has 0 aliphatic carbocycles. The van der Waals surface area contributed by atoms with Crippen LogP contribution < -0.4 is 21.7 Å². The lowest BCUT2D eigenvalue weighted by molar-refractivity contribution is -0.119. The van der Waals surface area contributed by atoms with Crippen molar-refractivity contribution < 1.29 is 9.59 Å². The van der Waals surface area contributed by atoms with E-state index in [2.05, 4.69) is 10.3 Å². The number of nitrogen functional groups attached to an aromatic ring is 1. The molecule has 110 valence electrons. The van der Waals surface area contributed by atoms with E-state index in [1.807, 2.05) is 13.8 Å². The molecular weight excluding hydrogens is 258 g/mol. The maximum Gasteiger partial charge on any atom is 0.267 e. The van der Waals surface area contributed by atoms with Crippen LogP contribution in [-0.2, 0) is 4.79 Å². The summed E-state index contributed by atoms with van der Waals surface area (Å²) in [4.78, 5) is 28.5. The molecule has 0 aromatic carbocycles. The first-order valence-electron chi connectivity index (χ1n) is 6.35. The Balaban J connectivity index is 2.76. The van der Waals surface area contributed by atoms with Gasteiger partial charge in [-0.15, -0.1) is 0 Å². The Labute approximate surface area is 118 Å². The Morgan fingerprint density at radius 3 is 2.60 bits per heavy atom. The third-order valence-corrected chi connectivity index (χ3v) is 2.61. The summed E-state index contributed by atoms with van der Waals surface area (Å²) in [6.45, 7) is 4.74. The summed E-state index contributed by atoms with van der Waals surface area (Å²) in [6, 6.07) is 3.00. The highest BCUT2D eigenvalue weighted by Crippen LogP contribution is 2.19. The monoisotopic (exact) mass is 279 g/mol. The second-order valence-corrected chi connectivity index (χ2v) is 5.03. The number of nitrogens with zero attached hydrogens (tertiary/aromatic N) is 2. The van der Waals surface area contributed by atoms with Crippen molar-refractivity contribution in [2.24, 2.45) is 11.7 Å². The number of primary amides is 1. The lowest BCUT2D eigenvalue weighted by Crippen LogP contribution is -2.37. The topological polar surface area (TPSA) is 114 Å². The van der Waals surface area contributed by atoms with Gasteiger partial charge in [-0.05, 0) is 18.1 Å². The average Bonchev–Trinajstić information content (AvgIpc) is 2.36. The Morgan fingerprint density at radius 2 is 2.05 bits per heavy atom. The van der Waals surface area contributed by atoms with Gasteiger partial charge in [0.05, 0.1) is 12.2 Å². The summed E-state index contributed by atoms with van der Waals surface area (Å²) >= 11 is 0. The fourth-order valence-corrected chi connectivity index (χ4v) is 1.57. The van der Waals surface area contributed by atoms with Gasteiger partial charge in [0.25, 0.3) is 5.91 Å². The standard InChI is InChI=1S/C13H21N5O2/c1-8(2)6-16-11(19)7-18(3)13-9(14)4-5-10(17-13)12(15)20/h4-5,8H,6-7,14H2,1-3H3,(H2,15,20)(H,16,19). The van der Waals surface area contributed by atoms with E-state index in [1.54, 1.807) is 18.0 Å². The Kier molecular flexibility index (Phi) is 5.31. The minimum atomic E-state index is -0.635. The van der Waals surface area contributed by atoms with Crippen LogP contribution >= 0.6 is 0 Å². The van der Waals surface area contributed by atoms with Gasteiger partial charge >= 0.3 is 0 Å². The first-order chi connectivity index (χ1) is 9.31. The van der Waals surface area contributed by atoms with Gasteiger partial charge in [-0.3, -0.25) is 9.59 Å². The molecule has 0 saturated carbocycles. The van der Waals surface area contributed by atoms with Crippen molar-refractivity contribution in [2.45, 2.75) is 13.8 Å². The number of anilines is 2.